The van der Waals surface area contributed by atoms with Crippen molar-refractivity contribution < 1.29 is 20.1 Å². The van der Waals surface area contributed by atoms with Gasteiger partial charge in [0, 0.05) is 12.5 Å². The van der Waals surface area contributed by atoms with Gasteiger partial charge in [-0.3, -0.25) is 0 Å². The molecule has 1 fully saturated rings. The number of nitrogens with zero attached hydrogens (tertiary/aromatic N) is 2. The largest absolute Gasteiger partial charge is 0.497 e. The second kappa shape index (κ2) is 8.87. The summed E-state index contributed by atoms with van der Waals surface area (Å²) in [4.78, 5) is 8.62. The Bertz CT molecular complexity index is 861. The van der Waals surface area contributed by atoms with Gasteiger partial charge in [-0.25, -0.2) is 9.97 Å². The van der Waals surface area contributed by atoms with Gasteiger partial charge in [0.2, 0.25) is 0 Å². The lowest BCUT2D eigenvalue weighted by atomic mass is 10.1. The molecule has 150 valence electrons. The van der Waals surface area contributed by atoms with Crippen molar-refractivity contribution in [2.75, 3.05) is 19.0 Å². The number of anilines is 1. The van der Waals surface area contributed by atoms with Crippen LogP contribution in [0.2, 0.25) is 5.15 Å². The minimum absolute atomic E-state index is 0.192. The van der Waals surface area contributed by atoms with Crippen molar-refractivity contribution in [2.24, 2.45) is 5.92 Å². The topological polar surface area (TPSA) is 108 Å². The van der Waals surface area contributed by atoms with E-state index in [1.54, 1.807) is 20.1 Å². The van der Waals surface area contributed by atoms with Gasteiger partial charge < -0.3 is 25.4 Å². The van der Waals surface area contributed by atoms with Gasteiger partial charge in [0.25, 0.3) is 0 Å². The molecule has 1 heterocycles. The number of aliphatic hydroxyl groups is 3. The summed E-state index contributed by atoms with van der Waals surface area (Å²) in [5, 5.41) is 33.1. The number of benzene rings is 1. The summed E-state index contributed by atoms with van der Waals surface area (Å²) < 4.78 is 5.23. The van der Waals surface area contributed by atoms with E-state index in [1.165, 1.54) is 0 Å². The number of ether oxygens (including phenoxy) is 1. The van der Waals surface area contributed by atoms with Crippen molar-refractivity contribution >= 4 is 29.6 Å². The van der Waals surface area contributed by atoms with Crippen molar-refractivity contribution in [3.05, 3.63) is 46.4 Å². The highest BCUT2D eigenvalue weighted by Crippen LogP contribution is 2.31. The molecule has 0 bridgehead atoms. The molecular weight excluding hydrogens is 382 g/mol. The molecule has 1 aliphatic rings. The highest BCUT2D eigenvalue weighted by atomic mass is 35.5. The second-order valence-corrected chi connectivity index (χ2v) is 7.20. The molecule has 28 heavy (non-hydrogen) atoms. The zero-order valence-corrected chi connectivity index (χ0v) is 16.5. The van der Waals surface area contributed by atoms with Crippen LogP contribution in [0.3, 0.4) is 0 Å². The third kappa shape index (κ3) is 4.44. The van der Waals surface area contributed by atoms with E-state index in [-0.39, 0.29) is 17.7 Å². The third-order valence-corrected chi connectivity index (χ3v) is 5.19. The average molecular weight is 406 g/mol. The molecule has 0 aliphatic heterocycles. The molecule has 0 amide bonds. The summed E-state index contributed by atoms with van der Waals surface area (Å²) >= 11 is 6.35. The van der Waals surface area contributed by atoms with Crippen LogP contribution in [0.1, 0.15) is 23.4 Å². The molecule has 0 saturated heterocycles. The van der Waals surface area contributed by atoms with Crippen LogP contribution in [0, 0.1) is 12.8 Å². The van der Waals surface area contributed by atoms with Crippen molar-refractivity contribution in [3.8, 4) is 5.75 Å². The quantitative estimate of drug-likeness (QED) is 0.545. The van der Waals surface area contributed by atoms with E-state index in [9.17, 15) is 15.3 Å². The lowest BCUT2D eigenvalue weighted by molar-refractivity contribution is 0.00445. The molecule has 4 N–H and O–H groups in total. The maximum Gasteiger partial charge on any atom is 0.142 e. The van der Waals surface area contributed by atoms with E-state index in [1.807, 2.05) is 30.3 Å². The van der Waals surface area contributed by atoms with Crippen LogP contribution < -0.4 is 10.1 Å². The molecule has 4 atom stereocenters. The molecular formula is C20H24ClN3O4. The molecule has 0 unspecified atom stereocenters. The van der Waals surface area contributed by atoms with Crippen LogP contribution in [0.25, 0.3) is 12.2 Å². The van der Waals surface area contributed by atoms with Crippen LogP contribution in [0.5, 0.6) is 5.75 Å². The van der Waals surface area contributed by atoms with Gasteiger partial charge >= 0.3 is 0 Å². The zero-order chi connectivity index (χ0) is 20.3. The fraction of sp³-hybridized carbons (Fsp3) is 0.400. The monoisotopic (exact) mass is 405 g/mol. The fourth-order valence-corrected chi connectivity index (χ4v) is 3.63. The number of hydrogen-bond donors (Lipinski definition) is 4. The van der Waals surface area contributed by atoms with E-state index >= 15 is 0 Å². The Morgan fingerprint density at radius 3 is 2.71 bits per heavy atom. The van der Waals surface area contributed by atoms with Gasteiger partial charge in [0.1, 0.15) is 28.6 Å². The number of aryl methyl sites for hydroxylation is 1. The van der Waals surface area contributed by atoms with Crippen molar-refractivity contribution in [2.45, 2.75) is 31.6 Å². The first-order valence-electron chi connectivity index (χ1n) is 9.02. The van der Waals surface area contributed by atoms with Crippen LogP contribution >= 0.6 is 11.6 Å². The van der Waals surface area contributed by atoms with Crippen LogP contribution in [-0.4, -0.2) is 57.3 Å². The number of hydrogen-bond acceptors (Lipinski definition) is 7. The molecule has 1 aliphatic carbocycles. The summed E-state index contributed by atoms with van der Waals surface area (Å²) in [6, 6.07) is 7.10. The van der Waals surface area contributed by atoms with Gasteiger partial charge in [-0.05, 0) is 37.1 Å². The van der Waals surface area contributed by atoms with Crippen molar-refractivity contribution in [1.29, 1.82) is 0 Å². The summed E-state index contributed by atoms with van der Waals surface area (Å²) in [7, 11) is 1.61. The highest BCUT2D eigenvalue weighted by Gasteiger charge is 2.41. The molecule has 1 aromatic heterocycles. The number of aromatic nitrogens is 2. The smallest absolute Gasteiger partial charge is 0.142 e. The summed E-state index contributed by atoms with van der Waals surface area (Å²) in [6.45, 7) is 1.53. The summed E-state index contributed by atoms with van der Waals surface area (Å²) in [6.07, 6.45) is 2.07. The molecule has 1 aromatic carbocycles. The van der Waals surface area contributed by atoms with Crippen molar-refractivity contribution in [3.63, 3.8) is 0 Å². The fourth-order valence-electron chi connectivity index (χ4n) is 3.35. The Labute approximate surface area is 168 Å². The number of rotatable bonds is 6. The van der Waals surface area contributed by atoms with Crippen LogP contribution in [0.4, 0.5) is 5.82 Å². The first-order chi connectivity index (χ1) is 13.4. The predicted octanol–water partition coefficient (Wildman–Crippen LogP) is 2.13. The lowest BCUT2D eigenvalue weighted by Gasteiger charge is -2.20. The van der Waals surface area contributed by atoms with E-state index in [0.29, 0.717) is 23.6 Å². The Morgan fingerprint density at radius 2 is 2.04 bits per heavy atom. The highest BCUT2D eigenvalue weighted by molar-refractivity contribution is 6.31. The lowest BCUT2D eigenvalue weighted by Crippen LogP contribution is -2.35. The minimum atomic E-state index is -1.01. The standard InChI is InChI=1S/C20H24ClN3O4/c1-11-22-19(21)15(7-6-12-4-3-5-14(8-12)28-2)20(23-11)24-16-9-13(10-25)17(26)18(16)27/h3-8,13,16-18,25-27H,9-10H2,1-2H3,(H,22,23,24)/b7-6+/t13-,16-,17-,18+/m1/s1. The first kappa shape index (κ1) is 20.5. The maximum absolute atomic E-state index is 10.3. The van der Waals surface area contributed by atoms with Gasteiger partial charge in [-0.15, -0.1) is 0 Å². The number of methoxy groups -OCH3 is 1. The molecule has 0 radical (unpaired) electrons. The van der Waals surface area contributed by atoms with Gasteiger partial charge in [0.15, 0.2) is 0 Å². The molecule has 0 spiro atoms. The Balaban J connectivity index is 1.89. The summed E-state index contributed by atoms with van der Waals surface area (Å²) in [5.74, 6) is 1.30. The maximum atomic E-state index is 10.3. The zero-order valence-electron chi connectivity index (χ0n) is 15.7. The number of halogens is 1. The number of nitrogens with one attached hydrogen (secondary N) is 1. The Kier molecular flexibility index (Phi) is 6.51. The third-order valence-electron chi connectivity index (χ3n) is 4.91. The molecule has 8 heteroatoms. The van der Waals surface area contributed by atoms with Crippen LogP contribution in [-0.2, 0) is 0 Å². The van der Waals surface area contributed by atoms with E-state index in [4.69, 9.17) is 16.3 Å². The first-order valence-corrected chi connectivity index (χ1v) is 9.40. The Hall–Kier alpha value is -2.19. The van der Waals surface area contributed by atoms with Gasteiger partial charge in [-0.2, -0.15) is 0 Å². The van der Waals surface area contributed by atoms with E-state index < -0.39 is 18.2 Å². The van der Waals surface area contributed by atoms with E-state index in [2.05, 4.69) is 15.3 Å². The van der Waals surface area contributed by atoms with Gasteiger partial charge in [0.05, 0.1) is 24.8 Å². The summed E-state index contributed by atoms with van der Waals surface area (Å²) in [5.41, 5.74) is 1.49. The van der Waals surface area contributed by atoms with Crippen molar-refractivity contribution in [1.82, 2.24) is 9.97 Å². The van der Waals surface area contributed by atoms with Crippen LogP contribution in [0.15, 0.2) is 24.3 Å². The van der Waals surface area contributed by atoms with Gasteiger partial charge in [-0.1, -0.05) is 29.8 Å². The molecule has 2 aromatic rings. The molecule has 7 nitrogen and oxygen atoms in total. The van der Waals surface area contributed by atoms with E-state index in [0.717, 1.165) is 11.3 Å². The minimum Gasteiger partial charge on any atom is -0.497 e. The predicted molar refractivity (Wildman–Crippen MR) is 108 cm³/mol. The SMILES string of the molecule is COc1cccc(/C=C/c2c(Cl)nc(C)nc2N[C@@H]2C[C@H](CO)[C@@H](O)[C@H]2O)c1. The Morgan fingerprint density at radius 1 is 1.25 bits per heavy atom. The number of aliphatic hydroxyl groups excluding tert-OH is 3. The normalized spacial score (nSPS) is 24.6. The second-order valence-electron chi connectivity index (χ2n) is 6.84. The molecule has 3 rings (SSSR count). The average Bonchev–Trinajstić information content (AvgIpc) is 2.95. The molecule has 1 saturated carbocycles.